The van der Waals surface area contributed by atoms with E-state index in [9.17, 15) is 4.79 Å². The summed E-state index contributed by atoms with van der Waals surface area (Å²) < 4.78 is 0. The Labute approximate surface area is 118 Å². The van der Waals surface area contributed by atoms with Gasteiger partial charge in [-0.2, -0.15) is 0 Å². The van der Waals surface area contributed by atoms with Gasteiger partial charge in [0.05, 0.1) is 5.75 Å². The molecule has 2 nitrogen and oxygen atoms in total. The van der Waals surface area contributed by atoms with Gasteiger partial charge in [0.25, 0.3) is 0 Å². The topological polar surface area (TPSA) is 29.1 Å². The highest BCUT2D eigenvalue weighted by atomic mass is 32.2. The van der Waals surface area contributed by atoms with Gasteiger partial charge in [0, 0.05) is 16.7 Å². The predicted octanol–water partition coefficient (Wildman–Crippen LogP) is 3.68. The van der Waals surface area contributed by atoms with Crippen molar-refractivity contribution < 1.29 is 4.79 Å². The van der Waals surface area contributed by atoms with E-state index in [1.54, 1.807) is 23.1 Å². The van der Waals surface area contributed by atoms with Crippen LogP contribution in [0.1, 0.15) is 37.5 Å². The lowest BCUT2D eigenvalue weighted by molar-refractivity contribution is -0.119. The third kappa shape index (κ3) is 4.65. The van der Waals surface area contributed by atoms with Gasteiger partial charge in [-0.1, -0.05) is 25.8 Å². The van der Waals surface area contributed by atoms with Crippen molar-refractivity contribution in [2.45, 2.75) is 44.4 Å². The zero-order chi connectivity index (χ0) is 12.8. The van der Waals surface area contributed by atoms with Crippen LogP contribution in [0, 0.1) is 5.92 Å². The average molecular weight is 283 g/mol. The lowest BCUT2D eigenvalue weighted by atomic mass is 9.87. The molecule has 1 fully saturated rings. The molecule has 0 bridgehead atoms. The summed E-state index contributed by atoms with van der Waals surface area (Å²) in [4.78, 5) is 13.2. The van der Waals surface area contributed by atoms with Gasteiger partial charge in [-0.25, -0.2) is 0 Å². The smallest absolute Gasteiger partial charge is 0.230 e. The van der Waals surface area contributed by atoms with Crippen molar-refractivity contribution in [2.75, 3.05) is 5.75 Å². The number of rotatable bonds is 5. The number of hydrogen-bond acceptors (Lipinski definition) is 3. The minimum Gasteiger partial charge on any atom is -0.353 e. The number of carbonyl (C=O) groups is 1. The van der Waals surface area contributed by atoms with Crippen LogP contribution in [0.2, 0.25) is 0 Å². The molecule has 0 aromatic carbocycles. The summed E-state index contributed by atoms with van der Waals surface area (Å²) in [7, 11) is 0. The van der Waals surface area contributed by atoms with E-state index in [-0.39, 0.29) is 5.91 Å². The fraction of sp³-hybridized carbons (Fsp3) is 0.643. The second-order valence-electron chi connectivity index (χ2n) is 5.11. The number of thiophene rings is 1. The molecular formula is C14H21NOS2. The van der Waals surface area contributed by atoms with E-state index >= 15 is 0 Å². The first-order valence-corrected chi connectivity index (χ1v) is 8.67. The van der Waals surface area contributed by atoms with Crippen LogP contribution in [-0.4, -0.2) is 17.7 Å². The summed E-state index contributed by atoms with van der Waals surface area (Å²) in [6.45, 7) is 2.28. The summed E-state index contributed by atoms with van der Waals surface area (Å²) in [5.41, 5.74) is 0. The minimum absolute atomic E-state index is 0.204. The highest BCUT2D eigenvalue weighted by Crippen LogP contribution is 2.23. The van der Waals surface area contributed by atoms with Gasteiger partial charge in [0.1, 0.15) is 0 Å². The van der Waals surface area contributed by atoms with Crippen LogP contribution in [-0.2, 0) is 10.5 Å². The lowest BCUT2D eigenvalue weighted by Gasteiger charge is -2.27. The summed E-state index contributed by atoms with van der Waals surface area (Å²) >= 11 is 3.46. The van der Waals surface area contributed by atoms with Gasteiger partial charge in [0.2, 0.25) is 5.91 Å². The molecule has 0 saturated heterocycles. The van der Waals surface area contributed by atoms with Crippen LogP contribution in [0.15, 0.2) is 17.5 Å². The number of thioether (sulfide) groups is 1. The number of amides is 1. The Morgan fingerprint density at radius 1 is 1.56 bits per heavy atom. The summed E-state index contributed by atoms with van der Waals surface area (Å²) in [6.07, 6.45) is 4.89. The highest BCUT2D eigenvalue weighted by molar-refractivity contribution is 7.99. The fourth-order valence-electron chi connectivity index (χ4n) is 2.47. The summed E-state index contributed by atoms with van der Waals surface area (Å²) in [5, 5.41) is 5.26. The molecule has 0 spiro atoms. The molecule has 1 N–H and O–H groups in total. The van der Waals surface area contributed by atoms with Crippen LogP contribution in [0.5, 0.6) is 0 Å². The molecule has 1 amide bonds. The quantitative estimate of drug-likeness (QED) is 0.893. The minimum atomic E-state index is 0.204. The summed E-state index contributed by atoms with van der Waals surface area (Å²) in [5.74, 6) is 2.51. The maximum Gasteiger partial charge on any atom is 0.230 e. The maximum atomic E-state index is 11.8. The molecule has 2 unspecified atom stereocenters. The van der Waals surface area contributed by atoms with Crippen molar-refractivity contribution in [3.8, 4) is 0 Å². The standard InChI is InChI=1S/C14H21NOS2/c1-11-4-2-5-12(8-11)15-14(16)10-17-9-13-6-3-7-18-13/h3,6-7,11-12H,2,4-5,8-10H2,1H3,(H,15,16). The van der Waals surface area contributed by atoms with Crippen molar-refractivity contribution in [3.63, 3.8) is 0 Å². The molecular weight excluding hydrogens is 262 g/mol. The molecule has 1 aliphatic carbocycles. The number of hydrogen-bond donors (Lipinski definition) is 1. The first kappa shape index (κ1) is 13.9. The lowest BCUT2D eigenvalue weighted by Crippen LogP contribution is -2.38. The Morgan fingerprint density at radius 2 is 2.44 bits per heavy atom. The van der Waals surface area contributed by atoms with Gasteiger partial charge in [-0.05, 0) is 30.2 Å². The van der Waals surface area contributed by atoms with E-state index in [0.29, 0.717) is 11.8 Å². The molecule has 1 aliphatic rings. The first-order valence-electron chi connectivity index (χ1n) is 6.63. The molecule has 0 radical (unpaired) electrons. The second-order valence-corrected chi connectivity index (χ2v) is 7.13. The van der Waals surface area contributed by atoms with Crippen molar-refractivity contribution in [1.29, 1.82) is 0 Å². The predicted molar refractivity (Wildman–Crippen MR) is 80.0 cm³/mol. The van der Waals surface area contributed by atoms with E-state index in [1.807, 2.05) is 0 Å². The zero-order valence-corrected chi connectivity index (χ0v) is 12.5. The van der Waals surface area contributed by atoms with Crippen LogP contribution in [0.3, 0.4) is 0 Å². The molecule has 0 aliphatic heterocycles. The molecule has 1 saturated carbocycles. The number of carbonyl (C=O) groups excluding carboxylic acids is 1. The molecule has 2 atom stereocenters. The van der Waals surface area contributed by atoms with Gasteiger partial charge < -0.3 is 5.32 Å². The molecule has 100 valence electrons. The van der Waals surface area contributed by atoms with Crippen molar-refractivity contribution in [1.82, 2.24) is 5.32 Å². The Balaban J connectivity index is 1.62. The van der Waals surface area contributed by atoms with Crippen LogP contribution in [0.4, 0.5) is 0 Å². The molecule has 1 aromatic rings. The fourth-order valence-corrected chi connectivity index (χ4v) is 4.15. The largest absolute Gasteiger partial charge is 0.353 e. The van der Waals surface area contributed by atoms with Gasteiger partial charge in [-0.3, -0.25) is 4.79 Å². The highest BCUT2D eigenvalue weighted by Gasteiger charge is 2.20. The Hall–Kier alpha value is -0.480. The van der Waals surface area contributed by atoms with Crippen LogP contribution >= 0.6 is 23.1 Å². The van der Waals surface area contributed by atoms with Crippen molar-refractivity contribution in [2.24, 2.45) is 5.92 Å². The SMILES string of the molecule is CC1CCCC(NC(=O)CSCc2cccs2)C1. The van der Waals surface area contributed by atoms with Crippen molar-refractivity contribution >= 4 is 29.0 Å². The second kappa shape index (κ2) is 7.19. The van der Waals surface area contributed by atoms with E-state index in [2.05, 4.69) is 29.8 Å². The van der Waals surface area contributed by atoms with Gasteiger partial charge in [-0.15, -0.1) is 23.1 Å². The zero-order valence-electron chi connectivity index (χ0n) is 10.9. The van der Waals surface area contributed by atoms with E-state index in [1.165, 1.54) is 17.7 Å². The van der Waals surface area contributed by atoms with E-state index in [4.69, 9.17) is 0 Å². The first-order chi connectivity index (χ1) is 8.74. The molecule has 4 heteroatoms. The summed E-state index contributed by atoms with van der Waals surface area (Å²) in [6, 6.07) is 4.60. The maximum absolute atomic E-state index is 11.8. The Kier molecular flexibility index (Phi) is 5.57. The average Bonchev–Trinajstić information content (AvgIpc) is 2.82. The molecule has 2 rings (SSSR count). The third-order valence-corrected chi connectivity index (χ3v) is 5.40. The van der Waals surface area contributed by atoms with E-state index < -0.39 is 0 Å². The van der Waals surface area contributed by atoms with Crippen LogP contribution in [0.25, 0.3) is 0 Å². The Morgan fingerprint density at radius 3 is 3.17 bits per heavy atom. The molecule has 1 aromatic heterocycles. The molecule has 1 heterocycles. The Bertz CT molecular complexity index is 364. The van der Waals surface area contributed by atoms with Crippen LogP contribution < -0.4 is 5.32 Å². The third-order valence-electron chi connectivity index (χ3n) is 3.36. The monoisotopic (exact) mass is 283 g/mol. The molecule has 18 heavy (non-hydrogen) atoms. The normalized spacial score (nSPS) is 23.8. The van der Waals surface area contributed by atoms with Gasteiger partial charge >= 0.3 is 0 Å². The van der Waals surface area contributed by atoms with Gasteiger partial charge in [0.15, 0.2) is 0 Å². The van der Waals surface area contributed by atoms with E-state index in [0.717, 1.165) is 24.5 Å². The van der Waals surface area contributed by atoms with Crippen molar-refractivity contribution in [3.05, 3.63) is 22.4 Å². The number of nitrogens with one attached hydrogen (secondary N) is 1.